The molecule has 4 aromatic rings. The number of halogens is 3. The van der Waals surface area contributed by atoms with Gasteiger partial charge in [0, 0.05) is 59.5 Å². The lowest BCUT2D eigenvalue weighted by molar-refractivity contribution is -0.150. The van der Waals surface area contributed by atoms with Gasteiger partial charge >= 0.3 is 18.2 Å². The van der Waals surface area contributed by atoms with Crippen molar-refractivity contribution in [1.29, 1.82) is 0 Å². The van der Waals surface area contributed by atoms with E-state index in [4.69, 9.17) is 19.2 Å². The van der Waals surface area contributed by atoms with Crippen LogP contribution in [0.1, 0.15) is 35.5 Å². The number of piperazine rings is 1. The SMILES string of the molecule is CCOC(=O)C(C)Oc1ccc(SCc2sc(-c3ccc(C(F)(F)F)cc3)nc2CN2CCN(C(=O)Nc3ccc(OC)cc3)CC2)cc1C. The van der Waals surface area contributed by atoms with Crippen LogP contribution in [0, 0.1) is 6.92 Å². The number of amides is 2. The number of anilines is 1. The Morgan fingerprint density at radius 1 is 1.02 bits per heavy atom. The Morgan fingerprint density at radius 3 is 2.34 bits per heavy atom. The van der Waals surface area contributed by atoms with E-state index in [1.54, 1.807) is 61.9 Å². The zero-order valence-electron chi connectivity index (χ0n) is 28.2. The highest BCUT2D eigenvalue weighted by Gasteiger charge is 2.30. The first-order valence-corrected chi connectivity index (χ1v) is 17.9. The van der Waals surface area contributed by atoms with Crippen molar-refractivity contribution in [3.8, 4) is 22.1 Å². The number of carbonyl (C=O) groups excluding carboxylic acids is 2. The van der Waals surface area contributed by atoms with Crippen molar-refractivity contribution < 1.29 is 37.0 Å². The third kappa shape index (κ3) is 9.70. The van der Waals surface area contributed by atoms with Crippen molar-refractivity contribution in [2.24, 2.45) is 0 Å². The van der Waals surface area contributed by atoms with Crippen molar-refractivity contribution in [2.75, 3.05) is 45.2 Å². The van der Waals surface area contributed by atoms with Crippen molar-refractivity contribution in [1.82, 2.24) is 14.8 Å². The summed E-state index contributed by atoms with van der Waals surface area (Å²) < 4.78 is 55.7. The van der Waals surface area contributed by atoms with Gasteiger partial charge in [-0.3, -0.25) is 4.90 Å². The van der Waals surface area contributed by atoms with Crippen LogP contribution in [0.4, 0.5) is 23.7 Å². The molecule has 1 aliphatic rings. The second-order valence-corrected chi connectivity index (χ2v) is 13.7. The predicted molar refractivity (Wildman–Crippen MR) is 189 cm³/mol. The Labute approximate surface area is 297 Å². The molecule has 3 aromatic carbocycles. The number of nitrogens with zero attached hydrogens (tertiary/aromatic N) is 3. The van der Waals surface area contributed by atoms with Gasteiger partial charge in [-0.05, 0) is 80.9 Å². The van der Waals surface area contributed by atoms with Crippen LogP contribution < -0.4 is 14.8 Å². The molecule has 0 saturated carbocycles. The largest absolute Gasteiger partial charge is 0.497 e. The van der Waals surface area contributed by atoms with Gasteiger partial charge in [-0.25, -0.2) is 14.6 Å². The molecule has 14 heteroatoms. The van der Waals surface area contributed by atoms with Crippen LogP contribution in [-0.2, 0) is 28.0 Å². The molecule has 0 radical (unpaired) electrons. The molecule has 1 aliphatic heterocycles. The number of nitrogens with one attached hydrogen (secondary N) is 1. The average molecular weight is 729 g/mol. The van der Waals surface area contributed by atoms with Crippen molar-refractivity contribution in [3.63, 3.8) is 0 Å². The van der Waals surface area contributed by atoms with Crippen LogP contribution in [0.25, 0.3) is 10.6 Å². The number of alkyl halides is 3. The number of thiazole rings is 1. The minimum Gasteiger partial charge on any atom is -0.497 e. The summed E-state index contributed by atoms with van der Waals surface area (Å²) in [6.07, 6.45) is -5.15. The molecule has 266 valence electrons. The van der Waals surface area contributed by atoms with Gasteiger partial charge in [0.25, 0.3) is 0 Å². The Morgan fingerprint density at radius 2 is 1.72 bits per heavy atom. The molecular weight excluding hydrogens is 690 g/mol. The molecule has 1 aromatic heterocycles. The molecule has 1 saturated heterocycles. The minimum absolute atomic E-state index is 0.174. The number of rotatable bonds is 12. The molecule has 1 fully saturated rings. The van der Waals surface area contributed by atoms with Crippen LogP contribution in [0.15, 0.2) is 71.6 Å². The molecule has 2 amide bonds. The van der Waals surface area contributed by atoms with E-state index in [0.717, 1.165) is 33.2 Å². The molecule has 0 aliphatic carbocycles. The highest BCUT2D eigenvalue weighted by atomic mass is 32.2. The van der Waals surface area contributed by atoms with E-state index in [1.807, 2.05) is 25.1 Å². The van der Waals surface area contributed by atoms with Crippen molar-refractivity contribution in [2.45, 2.75) is 50.2 Å². The quantitative estimate of drug-likeness (QED) is 0.116. The molecule has 50 heavy (non-hydrogen) atoms. The summed E-state index contributed by atoms with van der Waals surface area (Å²) in [6, 6.07) is 17.8. The highest BCUT2D eigenvalue weighted by molar-refractivity contribution is 7.98. The van der Waals surface area contributed by atoms with E-state index < -0.39 is 23.8 Å². The molecule has 5 rings (SSSR count). The minimum atomic E-state index is -4.42. The Bertz CT molecular complexity index is 1760. The van der Waals surface area contributed by atoms with Gasteiger partial charge in [-0.2, -0.15) is 13.2 Å². The number of aromatic nitrogens is 1. The number of ether oxygens (including phenoxy) is 3. The van der Waals surface area contributed by atoms with Gasteiger partial charge in [-0.15, -0.1) is 23.1 Å². The summed E-state index contributed by atoms with van der Waals surface area (Å²) in [6.45, 7) is 8.47. The van der Waals surface area contributed by atoms with E-state index in [0.29, 0.717) is 66.2 Å². The highest BCUT2D eigenvalue weighted by Crippen LogP contribution is 2.36. The monoisotopic (exact) mass is 728 g/mol. The van der Waals surface area contributed by atoms with Crippen LogP contribution in [0.2, 0.25) is 0 Å². The maximum atomic E-state index is 13.2. The van der Waals surface area contributed by atoms with Crippen molar-refractivity contribution >= 4 is 40.8 Å². The van der Waals surface area contributed by atoms with Gasteiger partial charge in [0.2, 0.25) is 0 Å². The lowest BCUT2D eigenvalue weighted by atomic mass is 10.1. The summed E-state index contributed by atoms with van der Waals surface area (Å²) >= 11 is 3.08. The van der Waals surface area contributed by atoms with E-state index in [2.05, 4.69) is 10.2 Å². The smallest absolute Gasteiger partial charge is 0.416 e. The first-order chi connectivity index (χ1) is 23.9. The fourth-order valence-corrected chi connectivity index (χ4v) is 7.41. The number of aryl methyl sites for hydroxylation is 1. The fraction of sp³-hybridized carbons (Fsp3) is 0.361. The molecule has 1 unspecified atom stereocenters. The first kappa shape index (κ1) is 37.0. The maximum absolute atomic E-state index is 13.2. The average Bonchev–Trinajstić information content (AvgIpc) is 3.51. The number of carbonyl (C=O) groups is 2. The zero-order valence-corrected chi connectivity index (χ0v) is 29.8. The second kappa shape index (κ2) is 16.6. The van der Waals surface area contributed by atoms with Crippen molar-refractivity contribution in [3.05, 3.63) is 88.4 Å². The van der Waals surface area contributed by atoms with Crippen LogP contribution in [-0.4, -0.2) is 72.8 Å². The van der Waals surface area contributed by atoms with Crippen LogP contribution in [0.3, 0.4) is 0 Å². The molecule has 9 nitrogen and oxygen atoms in total. The number of urea groups is 1. The number of hydrogen-bond donors (Lipinski definition) is 1. The summed E-state index contributed by atoms with van der Waals surface area (Å²) in [5.74, 6) is 1.47. The fourth-order valence-electron chi connectivity index (χ4n) is 5.23. The van der Waals surface area contributed by atoms with Crippen LogP contribution in [0.5, 0.6) is 11.5 Å². The standard InChI is InChI=1S/C36H39F3N4O5S2/c1-5-47-34(44)24(3)48-31-15-14-29(20-23(31)2)49-22-32-30(41-33(50-32)25-6-8-26(9-7-25)36(37,38)39)21-42-16-18-43(19-17-42)35(45)40-27-10-12-28(46-4)13-11-27/h6-15,20,24H,5,16-19,21-22H2,1-4H3,(H,40,45). The first-order valence-electron chi connectivity index (χ1n) is 16.1. The van der Waals surface area contributed by atoms with E-state index >= 15 is 0 Å². The van der Waals surface area contributed by atoms with E-state index in [-0.39, 0.29) is 12.6 Å². The summed E-state index contributed by atoms with van der Waals surface area (Å²) in [7, 11) is 1.59. The second-order valence-electron chi connectivity index (χ2n) is 11.6. The van der Waals surface area contributed by atoms with Crippen LogP contribution >= 0.6 is 23.1 Å². The lowest BCUT2D eigenvalue weighted by Crippen LogP contribution is -2.49. The molecule has 0 bridgehead atoms. The lowest BCUT2D eigenvalue weighted by Gasteiger charge is -2.34. The molecule has 2 heterocycles. The van der Waals surface area contributed by atoms with Gasteiger partial charge in [-0.1, -0.05) is 12.1 Å². The van der Waals surface area contributed by atoms with E-state index in [9.17, 15) is 22.8 Å². The number of methoxy groups -OCH3 is 1. The molecular formula is C36H39F3N4O5S2. The number of benzene rings is 3. The third-order valence-corrected chi connectivity index (χ3v) is 10.4. The zero-order chi connectivity index (χ0) is 35.8. The maximum Gasteiger partial charge on any atom is 0.416 e. The summed E-state index contributed by atoms with van der Waals surface area (Å²) in [5, 5.41) is 3.58. The van der Waals surface area contributed by atoms with Gasteiger partial charge in [0.1, 0.15) is 16.5 Å². The molecule has 1 atom stereocenters. The third-order valence-electron chi connectivity index (χ3n) is 8.05. The predicted octanol–water partition coefficient (Wildman–Crippen LogP) is 8.12. The Kier molecular flexibility index (Phi) is 12.3. The molecule has 0 spiro atoms. The summed E-state index contributed by atoms with van der Waals surface area (Å²) in [4.78, 5) is 35.9. The molecule has 1 N–H and O–H groups in total. The summed E-state index contributed by atoms with van der Waals surface area (Å²) in [5.41, 5.74) is 2.32. The normalized spacial score (nSPS) is 14.3. The van der Waals surface area contributed by atoms with Gasteiger partial charge < -0.3 is 24.4 Å². The Hall–Kier alpha value is -4.27. The number of hydrogen-bond acceptors (Lipinski definition) is 9. The number of thioether (sulfide) groups is 1. The van der Waals surface area contributed by atoms with E-state index in [1.165, 1.54) is 23.5 Å². The van der Waals surface area contributed by atoms with Gasteiger partial charge in [0.15, 0.2) is 6.10 Å². The Balaban J connectivity index is 1.26. The topological polar surface area (TPSA) is 93.2 Å². The van der Waals surface area contributed by atoms with Gasteiger partial charge in [0.05, 0.1) is 25.0 Å². The number of esters is 1.